The number of primary amides is 1. The summed E-state index contributed by atoms with van der Waals surface area (Å²) in [7, 11) is 3.04. The quantitative estimate of drug-likeness (QED) is 0.813. The smallest absolute Gasteiger partial charge is 0.260 e. The fraction of sp³-hybridized carbons (Fsp3) is 0.300. The minimum atomic E-state index is -0.830. The second-order valence-corrected chi connectivity index (χ2v) is 6.58. The topological polar surface area (TPSA) is 85.1 Å². The minimum Gasteiger partial charge on any atom is -0.494 e. The number of nitrogens with two attached hydrogens (primary N) is 1. The third-order valence-electron chi connectivity index (χ3n) is 4.57. The van der Waals surface area contributed by atoms with Crippen molar-refractivity contribution in [2.45, 2.75) is 12.6 Å². The number of para-hydroxylation sites is 2. The maximum atomic E-state index is 13.9. The molecule has 2 N–H and O–H groups in total. The highest BCUT2D eigenvalue weighted by atomic mass is 19.1. The maximum absolute atomic E-state index is 13.9. The first-order chi connectivity index (χ1) is 13.4. The third kappa shape index (κ3) is 4.16. The number of benzene rings is 2. The van der Waals surface area contributed by atoms with Gasteiger partial charge in [0.2, 0.25) is 5.91 Å². The Morgan fingerprint density at radius 1 is 1.32 bits per heavy atom. The summed E-state index contributed by atoms with van der Waals surface area (Å²) in [6, 6.07) is 11.7. The number of nitrogens with zero attached hydrogens (tertiary/aromatic N) is 2. The van der Waals surface area contributed by atoms with Crippen molar-refractivity contribution >= 4 is 17.5 Å². The number of likely N-dealkylation sites (N-methyl/N-ethyl adjacent to an activating group) is 1. The van der Waals surface area contributed by atoms with Gasteiger partial charge in [0.05, 0.1) is 25.9 Å². The van der Waals surface area contributed by atoms with Gasteiger partial charge < -0.3 is 25.0 Å². The van der Waals surface area contributed by atoms with Gasteiger partial charge in [0.25, 0.3) is 5.91 Å². The Balaban J connectivity index is 1.71. The molecule has 28 heavy (non-hydrogen) atoms. The van der Waals surface area contributed by atoms with Crippen molar-refractivity contribution < 1.29 is 23.5 Å². The predicted octanol–water partition coefficient (Wildman–Crippen LogP) is 1.55. The molecule has 0 radical (unpaired) electrons. The molecule has 1 aliphatic heterocycles. The van der Waals surface area contributed by atoms with Crippen molar-refractivity contribution in [3.05, 3.63) is 53.8 Å². The summed E-state index contributed by atoms with van der Waals surface area (Å²) >= 11 is 0. The lowest BCUT2D eigenvalue weighted by Crippen LogP contribution is -2.50. The number of halogens is 1. The van der Waals surface area contributed by atoms with Crippen molar-refractivity contribution in [1.82, 2.24) is 4.90 Å². The number of fused-ring (bicyclic) bond motifs is 1. The Morgan fingerprint density at radius 2 is 2.07 bits per heavy atom. The van der Waals surface area contributed by atoms with Gasteiger partial charge in [0.15, 0.2) is 17.7 Å². The molecular weight excluding hydrogens is 365 g/mol. The number of hydrogen-bond acceptors (Lipinski definition) is 5. The third-order valence-corrected chi connectivity index (χ3v) is 4.57. The van der Waals surface area contributed by atoms with Crippen LogP contribution in [0.3, 0.4) is 0 Å². The zero-order valence-electron chi connectivity index (χ0n) is 15.7. The molecule has 0 bridgehead atoms. The Bertz CT molecular complexity index is 890. The van der Waals surface area contributed by atoms with E-state index in [2.05, 4.69) is 0 Å². The molecule has 2 aromatic rings. The van der Waals surface area contributed by atoms with Crippen LogP contribution in [0.25, 0.3) is 0 Å². The highest BCUT2D eigenvalue weighted by Gasteiger charge is 2.30. The molecule has 0 aromatic heterocycles. The van der Waals surface area contributed by atoms with Gasteiger partial charge in [0.1, 0.15) is 5.75 Å². The molecule has 7 nitrogen and oxygen atoms in total. The van der Waals surface area contributed by atoms with Crippen LogP contribution >= 0.6 is 0 Å². The number of carbonyl (C=O) groups is 2. The fourth-order valence-electron chi connectivity index (χ4n) is 3.06. The van der Waals surface area contributed by atoms with Gasteiger partial charge >= 0.3 is 0 Å². The average molecular weight is 387 g/mol. The van der Waals surface area contributed by atoms with E-state index in [1.54, 1.807) is 30.1 Å². The first-order valence-electron chi connectivity index (χ1n) is 8.75. The number of ether oxygens (including phenoxy) is 2. The fourth-order valence-corrected chi connectivity index (χ4v) is 3.06. The molecular formula is C20H22FN3O4. The molecule has 0 fully saturated rings. The summed E-state index contributed by atoms with van der Waals surface area (Å²) < 4.78 is 24.4. The van der Waals surface area contributed by atoms with E-state index in [9.17, 15) is 14.0 Å². The summed E-state index contributed by atoms with van der Waals surface area (Å²) in [4.78, 5) is 27.6. The van der Waals surface area contributed by atoms with Crippen LogP contribution in [0.15, 0.2) is 42.5 Å². The van der Waals surface area contributed by atoms with Crippen molar-refractivity contribution in [1.29, 1.82) is 0 Å². The maximum Gasteiger partial charge on any atom is 0.260 e. The lowest BCUT2D eigenvalue weighted by atomic mass is 10.1. The van der Waals surface area contributed by atoms with Crippen molar-refractivity contribution in [3.63, 3.8) is 0 Å². The monoisotopic (exact) mass is 387 g/mol. The number of amides is 2. The molecule has 0 saturated heterocycles. The van der Waals surface area contributed by atoms with Crippen LogP contribution in [-0.2, 0) is 16.1 Å². The van der Waals surface area contributed by atoms with Crippen LogP contribution in [0, 0.1) is 5.82 Å². The van der Waals surface area contributed by atoms with Crippen LogP contribution in [0.4, 0.5) is 10.1 Å². The summed E-state index contributed by atoms with van der Waals surface area (Å²) in [5, 5.41) is 0. The zero-order chi connectivity index (χ0) is 20.3. The molecule has 0 aliphatic carbocycles. The van der Waals surface area contributed by atoms with E-state index < -0.39 is 17.8 Å². The van der Waals surface area contributed by atoms with Gasteiger partial charge in [-0.2, -0.15) is 0 Å². The molecule has 0 unspecified atom stereocenters. The van der Waals surface area contributed by atoms with Crippen molar-refractivity contribution in [3.8, 4) is 11.5 Å². The molecule has 2 aromatic carbocycles. The predicted molar refractivity (Wildman–Crippen MR) is 102 cm³/mol. The second kappa shape index (κ2) is 8.16. The molecule has 1 aliphatic rings. The van der Waals surface area contributed by atoms with Crippen LogP contribution < -0.4 is 20.1 Å². The highest BCUT2D eigenvalue weighted by Crippen LogP contribution is 2.32. The van der Waals surface area contributed by atoms with Gasteiger partial charge in [0, 0.05) is 13.6 Å². The van der Waals surface area contributed by atoms with E-state index in [-0.39, 0.29) is 31.3 Å². The first-order valence-corrected chi connectivity index (χ1v) is 8.75. The van der Waals surface area contributed by atoms with E-state index in [0.29, 0.717) is 11.3 Å². The van der Waals surface area contributed by atoms with Gasteiger partial charge in [-0.15, -0.1) is 0 Å². The summed E-state index contributed by atoms with van der Waals surface area (Å²) in [5.41, 5.74) is 6.75. The number of carbonyl (C=O) groups excluding carboxylic acids is 2. The van der Waals surface area contributed by atoms with Crippen molar-refractivity contribution in [2.24, 2.45) is 5.73 Å². The summed E-state index contributed by atoms with van der Waals surface area (Å²) in [5.74, 6) is -0.595. The molecule has 1 heterocycles. The standard InChI is InChI=1S/C20H22FN3O4/c1-23(10-13-7-8-16(27-2)14(21)9-13)19(25)12-24-11-18(20(22)26)28-17-6-4-3-5-15(17)24/h3-9,18H,10-12H2,1-2H3,(H2,22,26)/t18-/m0/s1. The van der Waals surface area contributed by atoms with Crippen molar-refractivity contribution in [2.75, 3.05) is 32.1 Å². The molecule has 2 amide bonds. The molecule has 0 spiro atoms. The van der Waals surface area contributed by atoms with Crippen LogP contribution in [0.5, 0.6) is 11.5 Å². The van der Waals surface area contributed by atoms with E-state index >= 15 is 0 Å². The number of anilines is 1. The largest absolute Gasteiger partial charge is 0.494 e. The lowest BCUT2D eigenvalue weighted by Gasteiger charge is -2.35. The Hall–Kier alpha value is -3.29. The van der Waals surface area contributed by atoms with Gasteiger partial charge in [-0.25, -0.2) is 4.39 Å². The highest BCUT2D eigenvalue weighted by molar-refractivity contribution is 5.85. The van der Waals surface area contributed by atoms with Crippen LogP contribution in [0.2, 0.25) is 0 Å². The number of hydrogen-bond donors (Lipinski definition) is 1. The molecule has 1 atom stereocenters. The Morgan fingerprint density at radius 3 is 2.75 bits per heavy atom. The normalized spacial score (nSPS) is 15.4. The number of rotatable bonds is 6. The SMILES string of the molecule is COc1ccc(CN(C)C(=O)CN2C[C@@H](C(N)=O)Oc3ccccc32)cc1F. The zero-order valence-corrected chi connectivity index (χ0v) is 15.7. The molecule has 3 rings (SSSR count). The van der Waals surface area contributed by atoms with Gasteiger partial charge in [-0.05, 0) is 29.8 Å². The molecule has 0 saturated carbocycles. The second-order valence-electron chi connectivity index (χ2n) is 6.58. The first kappa shape index (κ1) is 19.5. The van der Waals surface area contributed by atoms with E-state index in [1.807, 2.05) is 12.1 Å². The molecule has 148 valence electrons. The van der Waals surface area contributed by atoms with E-state index in [0.717, 1.165) is 5.69 Å². The van der Waals surface area contributed by atoms with Gasteiger partial charge in [-0.1, -0.05) is 18.2 Å². The minimum absolute atomic E-state index is 0.0410. The lowest BCUT2D eigenvalue weighted by molar-refractivity contribution is -0.129. The van der Waals surface area contributed by atoms with E-state index in [1.165, 1.54) is 24.1 Å². The summed E-state index contributed by atoms with van der Waals surface area (Å²) in [6.07, 6.45) is -0.830. The molecule has 8 heteroatoms. The van der Waals surface area contributed by atoms with Crippen LogP contribution in [0.1, 0.15) is 5.56 Å². The Kier molecular flexibility index (Phi) is 5.67. The Labute approximate surface area is 162 Å². The summed E-state index contributed by atoms with van der Waals surface area (Å²) in [6.45, 7) is 0.466. The average Bonchev–Trinajstić information content (AvgIpc) is 2.67. The number of methoxy groups -OCH3 is 1. The van der Waals surface area contributed by atoms with Gasteiger partial charge in [-0.3, -0.25) is 9.59 Å². The van der Waals surface area contributed by atoms with Crippen LogP contribution in [-0.4, -0.2) is 50.1 Å². The van der Waals surface area contributed by atoms with E-state index in [4.69, 9.17) is 15.2 Å².